The highest BCUT2D eigenvalue weighted by Crippen LogP contribution is 2.43. The largest absolute Gasteiger partial charge is 0.351 e. The number of rotatable bonds is 4. The first kappa shape index (κ1) is 15.8. The van der Waals surface area contributed by atoms with Gasteiger partial charge in [0, 0.05) is 20.9 Å². The zero-order valence-electron chi connectivity index (χ0n) is 12.1. The maximum absolute atomic E-state index is 12.4. The number of halogens is 2. The Balaban J connectivity index is 1.74. The number of benzene rings is 2. The lowest BCUT2D eigenvalue weighted by Crippen LogP contribution is -2.45. The van der Waals surface area contributed by atoms with E-state index < -0.39 is 0 Å². The van der Waals surface area contributed by atoms with Crippen LogP contribution in [-0.4, -0.2) is 12.5 Å². The molecule has 0 unspecified atom stereocenters. The van der Waals surface area contributed by atoms with Gasteiger partial charge in [0.1, 0.15) is 0 Å². The number of hydrogen-bond donors (Lipinski definition) is 1. The second-order valence-corrected chi connectivity index (χ2v) is 7.58. The van der Waals surface area contributed by atoms with E-state index in [1.807, 2.05) is 30.3 Å². The fourth-order valence-electron chi connectivity index (χ4n) is 2.98. The number of amides is 1. The van der Waals surface area contributed by atoms with Crippen molar-refractivity contribution < 1.29 is 4.79 Å². The molecule has 0 radical (unpaired) electrons. The minimum Gasteiger partial charge on any atom is -0.351 e. The van der Waals surface area contributed by atoms with Gasteiger partial charge in [0.05, 0.1) is 5.56 Å². The molecule has 1 fully saturated rings. The highest BCUT2D eigenvalue weighted by molar-refractivity contribution is 9.10. The van der Waals surface area contributed by atoms with Crippen LogP contribution in [0.1, 0.15) is 35.2 Å². The smallest absolute Gasteiger partial charge is 0.252 e. The molecular weight excluding hydrogens is 406 g/mol. The molecule has 2 aromatic carbocycles. The predicted molar refractivity (Wildman–Crippen MR) is 96.1 cm³/mol. The molecule has 0 heterocycles. The zero-order chi connectivity index (χ0) is 15.6. The van der Waals surface area contributed by atoms with Crippen LogP contribution in [0.5, 0.6) is 0 Å². The van der Waals surface area contributed by atoms with Crippen LogP contribution in [0, 0.1) is 0 Å². The Morgan fingerprint density at radius 1 is 1.09 bits per heavy atom. The van der Waals surface area contributed by atoms with Crippen LogP contribution in [0.3, 0.4) is 0 Å². The monoisotopic (exact) mass is 421 g/mol. The summed E-state index contributed by atoms with van der Waals surface area (Å²) in [7, 11) is 0. The molecule has 2 nitrogen and oxygen atoms in total. The minimum absolute atomic E-state index is 0.0197. The third-order valence-corrected chi connectivity index (χ3v) is 5.64. The van der Waals surface area contributed by atoms with E-state index in [1.165, 1.54) is 12.0 Å². The fraction of sp³-hybridized carbons (Fsp3) is 0.278. The van der Waals surface area contributed by atoms with E-state index in [9.17, 15) is 4.79 Å². The predicted octanol–water partition coefficient (Wildman–Crippen LogP) is 5.06. The first-order valence-corrected chi connectivity index (χ1v) is 8.98. The quantitative estimate of drug-likeness (QED) is 0.732. The van der Waals surface area contributed by atoms with E-state index >= 15 is 0 Å². The SMILES string of the molecule is O=C(NCC1(c2cccc(Br)c2)CCC1)c1ccccc1Br. The molecule has 4 heteroatoms. The summed E-state index contributed by atoms with van der Waals surface area (Å²) in [5.74, 6) is -0.0197. The van der Waals surface area contributed by atoms with Crippen molar-refractivity contribution in [3.63, 3.8) is 0 Å². The van der Waals surface area contributed by atoms with Crippen molar-refractivity contribution in [2.75, 3.05) is 6.54 Å². The number of hydrogen-bond acceptors (Lipinski definition) is 1. The average molecular weight is 423 g/mol. The van der Waals surface area contributed by atoms with Gasteiger partial charge in [-0.1, -0.05) is 46.6 Å². The van der Waals surface area contributed by atoms with Crippen LogP contribution < -0.4 is 5.32 Å². The molecule has 0 aliphatic heterocycles. The van der Waals surface area contributed by atoms with Crippen molar-refractivity contribution in [2.45, 2.75) is 24.7 Å². The highest BCUT2D eigenvalue weighted by Gasteiger charge is 2.39. The van der Waals surface area contributed by atoms with Crippen molar-refractivity contribution in [3.05, 3.63) is 68.6 Å². The molecule has 22 heavy (non-hydrogen) atoms. The fourth-order valence-corrected chi connectivity index (χ4v) is 3.84. The van der Waals surface area contributed by atoms with Crippen LogP contribution in [0.25, 0.3) is 0 Å². The van der Waals surface area contributed by atoms with Gasteiger partial charge in [0.15, 0.2) is 0 Å². The molecule has 1 saturated carbocycles. The number of carbonyl (C=O) groups is 1. The van der Waals surface area contributed by atoms with Gasteiger partial charge in [-0.2, -0.15) is 0 Å². The maximum atomic E-state index is 12.4. The molecule has 0 aromatic heterocycles. The van der Waals surface area contributed by atoms with Gasteiger partial charge < -0.3 is 5.32 Å². The number of carbonyl (C=O) groups excluding carboxylic acids is 1. The van der Waals surface area contributed by atoms with Crippen molar-refractivity contribution in [1.82, 2.24) is 5.32 Å². The lowest BCUT2D eigenvalue weighted by molar-refractivity contribution is 0.0927. The van der Waals surface area contributed by atoms with Gasteiger partial charge in [-0.15, -0.1) is 0 Å². The van der Waals surface area contributed by atoms with Crippen LogP contribution in [-0.2, 0) is 5.41 Å². The summed E-state index contributed by atoms with van der Waals surface area (Å²) in [6, 6.07) is 16.0. The lowest BCUT2D eigenvalue weighted by atomic mass is 9.64. The average Bonchev–Trinajstić information content (AvgIpc) is 2.46. The molecule has 1 amide bonds. The second kappa shape index (κ2) is 6.55. The molecule has 0 spiro atoms. The summed E-state index contributed by atoms with van der Waals surface area (Å²) in [5, 5.41) is 3.12. The maximum Gasteiger partial charge on any atom is 0.252 e. The topological polar surface area (TPSA) is 29.1 Å². The van der Waals surface area contributed by atoms with E-state index in [0.717, 1.165) is 21.8 Å². The second-order valence-electron chi connectivity index (χ2n) is 5.81. The van der Waals surface area contributed by atoms with Gasteiger partial charge >= 0.3 is 0 Å². The molecule has 3 rings (SSSR count). The van der Waals surface area contributed by atoms with E-state index in [0.29, 0.717) is 12.1 Å². The normalized spacial score (nSPS) is 15.9. The Labute approximate surface area is 147 Å². The molecular formula is C18H17Br2NO. The Morgan fingerprint density at radius 2 is 1.86 bits per heavy atom. The van der Waals surface area contributed by atoms with Crippen LogP contribution in [0.15, 0.2) is 57.5 Å². The van der Waals surface area contributed by atoms with Gasteiger partial charge in [0.2, 0.25) is 0 Å². The van der Waals surface area contributed by atoms with Crippen molar-refractivity contribution >= 4 is 37.8 Å². The molecule has 114 valence electrons. The molecule has 1 N–H and O–H groups in total. The van der Waals surface area contributed by atoms with Crippen molar-refractivity contribution in [3.8, 4) is 0 Å². The van der Waals surface area contributed by atoms with Crippen molar-refractivity contribution in [1.29, 1.82) is 0 Å². The Hall–Kier alpha value is -1.13. The summed E-state index contributed by atoms with van der Waals surface area (Å²) in [6.07, 6.45) is 3.47. The zero-order valence-corrected chi connectivity index (χ0v) is 15.3. The molecule has 1 aliphatic rings. The summed E-state index contributed by atoms with van der Waals surface area (Å²) in [6.45, 7) is 0.684. The van der Waals surface area contributed by atoms with Crippen molar-refractivity contribution in [2.24, 2.45) is 0 Å². The third-order valence-electron chi connectivity index (χ3n) is 4.45. The molecule has 2 aromatic rings. The van der Waals surface area contributed by atoms with Gasteiger partial charge in [0.25, 0.3) is 5.91 Å². The Kier molecular flexibility index (Phi) is 4.69. The first-order valence-electron chi connectivity index (χ1n) is 7.40. The van der Waals surface area contributed by atoms with E-state index in [4.69, 9.17) is 0 Å². The summed E-state index contributed by atoms with van der Waals surface area (Å²) >= 11 is 6.98. The molecule has 1 aliphatic carbocycles. The van der Waals surface area contributed by atoms with E-state index in [-0.39, 0.29) is 11.3 Å². The van der Waals surface area contributed by atoms with Crippen LogP contribution in [0.2, 0.25) is 0 Å². The van der Waals surface area contributed by atoms with Gasteiger partial charge in [-0.3, -0.25) is 4.79 Å². The first-order chi connectivity index (χ1) is 10.6. The third kappa shape index (κ3) is 3.13. The summed E-state index contributed by atoms with van der Waals surface area (Å²) < 4.78 is 1.92. The van der Waals surface area contributed by atoms with Gasteiger partial charge in [-0.25, -0.2) is 0 Å². The minimum atomic E-state index is -0.0197. The van der Waals surface area contributed by atoms with Crippen LogP contribution >= 0.6 is 31.9 Å². The van der Waals surface area contributed by atoms with E-state index in [2.05, 4.69) is 55.4 Å². The molecule has 0 atom stereocenters. The van der Waals surface area contributed by atoms with E-state index in [1.54, 1.807) is 0 Å². The molecule has 0 bridgehead atoms. The summed E-state index contributed by atoms with van der Waals surface area (Å²) in [4.78, 5) is 12.4. The lowest BCUT2D eigenvalue weighted by Gasteiger charge is -2.42. The number of nitrogens with one attached hydrogen (secondary N) is 1. The Morgan fingerprint density at radius 3 is 2.50 bits per heavy atom. The molecule has 0 saturated heterocycles. The standard InChI is InChI=1S/C18H17Br2NO/c19-14-6-3-5-13(11-14)18(9-4-10-18)12-21-17(22)15-7-1-2-8-16(15)20/h1-3,5-8,11H,4,9-10,12H2,(H,21,22). The van der Waals surface area contributed by atoms with Gasteiger partial charge in [-0.05, 0) is 58.6 Å². The summed E-state index contributed by atoms with van der Waals surface area (Å²) in [5.41, 5.74) is 2.08. The highest BCUT2D eigenvalue weighted by atomic mass is 79.9. The Bertz CT molecular complexity index is 695. The van der Waals surface area contributed by atoms with Crippen LogP contribution in [0.4, 0.5) is 0 Å².